The molecule has 6 heteroatoms. The van der Waals surface area contributed by atoms with Crippen molar-refractivity contribution in [1.82, 2.24) is 5.32 Å². The molecule has 0 aliphatic carbocycles. The highest BCUT2D eigenvalue weighted by Crippen LogP contribution is 2.19. The highest BCUT2D eigenvalue weighted by Gasteiger charge is 2.22. The van der Waals surface area contributed by atoms with Gasteiger partial charge in [0, 0.05) is 4.90 Å². The molecule has 22 heavy (non-hydrogen) atoms. The third kappa shape index (κ3) is 5.81. The number of carboxylic acids is 1. The van der Waals surface area contributed by atoms with E-state index in [2.05, 4.69) is 5.32 Å². The monoisotopic (exact) mass is 323 g/mol. The number of amides is 1. The van der Waals surface area contributed by atoms with E-state index in [1.807, 2.05) is 18.4 Å². The van der Waals surface area contributed by atoms with Crippen LogP contribution in [0.5, 0.6) is 5.75 Å². The van der Waals surface area contributed by atoms with Gasteiger partial charge in [-0.3, -0.25) is 4.79 Å². The second kappa shape index (κ2) is 9.15. The van der Waals surface area contributed by atoms with Crippen LogP contribution in [0.4, 0.5) is 0 Å². The van der Waals surface area contributed by atoms with Crippen molar-refractivity contribution < 1.29 is 19.4 Å². The predicted molar refractivity (Wildman–Crippen MR) is 87.3 cm³/mol. The van der Waals surface area contributed by atoms with Gasteiger partial charge in [0.1, 0.15) is 11.8 Å². The molecule has 0 heterocycles. The SMILES string of the molecule is C/C=C/CC(NC(=O)C(C)Oc1ccc(SC)cc1)C(=O)O. The first kappa shape index (κ1) is 18.1. The third-order valence-corrected chi connectivity index (χ3v) is 3.71. The van der Waals surface area contributed by atoms with Crippen molar-refractivity contribution in [3.63, 3.8) is 0 Å². The third-order valence-electron chi connectivity index (χ3n) is 2.96. The first-order valence-electron chi connectivity index (χ1n) is 6.93. The van der Waals surface area contributed by atoms with Crippen molar-refractivity contribution in [2.45, 2.75) is 37.3 Å². The van der Waals surface area contributed by atoms with Crippen molar-refractivity contribution in [3.05, 3.63) is 36.4 Å². The minimum atomic E-state index is -1.07. The van der Waals surface area contributed by atoms with Crippen LogP contribution in [0.1, 0.15) is 20.3 Å². The van der Waals surface area contributed by atoms with Gasteiger partial charge in [-0.1, -0.05) is 12.2 Å². The number of hydrogen-bond donors (Lipinski definition) is 2. The van der Waals surface area contributed by atoms with Gasteiger partial charge >= 0.3 is 5.97 Å². The summed E-state index contributed by atoms with van der Waals surface area (Å²) < 4.78 is 5.53. The van der Waals surface area contributed by atoms with Crippen molar-refractivity contribution >= 4 is 23.6 Å². The summed E-state index contributed by atoms with van der Waals surface area (Å²) >= 11 is 1.62. The van der Waals surface area contributed by atoms with Gasteiger partial charge in [0.05, 0.1) is 0 Å². The van der Waals surface area contributed by atoms with E-state index in [0.717, 1.165) is 4.90 Å². The van der Waals surface area contributed by atoms with Crippen molar-refractivity contribution in [2.75, 3.05) is 6.26 Å². The fraction of sp³-hybridized carbons (Fsp3) is 0.375. The van der Waals surface area contributed by atoms with Crippen molar-refractivity contribution in [1.29, 1.82) is 0 Å². The zero-order chi connectivity index (χ0) is 16.5. The highest BCUT2D eigenvalue weighted by molar-refractivity contribution is 7.98. The molecule has 0 spiro atoms. The van der Waals surface area contributed by atoms with Crippen molar-refractivity contribution in [2.24, 2.45) is 0 Å². The Kier molecular flexibility index (Phi) is 7.52. The molecule has 1 rings (SSSR count). The number of benzene rings is 1. The van der Waals surface area contributed by atoms with E-state index >= 15 is 0 Å². The van der Waals surface area contributed by atoms with E-state index in [-0.39, 0.29) is 6.42 Å². The minimum Gasteiger partial charge on any atom is -0.481 e. The number of ether oxygens (including phenoxy) is 1. The van der Waals surface area contributed by atoms with Crippen LogP contribution in [0.2, 0.25) is 0 Å². The number of aliphatic carboxylic acids is 1. The lowest BCUT2D eigenvalue weighted by Gasteiger charge is -2.18. The van der Waals surface area contributed by atoms with Crippen LogP contribution < -0.4 is 10.1 Å². The van der Waals surface area contributed by atoms with Gasteiger partial charge in [-0.25, -0.2) is 4.79 Å². The maximum atomic E-state index is 12.0. The van der Waals surface area contributed by atoms with E-state index in [9.17, 15) is 9.59 Å². The molecular formula is C16H21NO4S. The Bertz CT molecular complexity index is 527. The molecule has 1 aromatic carbocycles. The van der Waals surface area contributed by atoms with E-state index in [1.165, 1.54) is 0 Å². The summed E-state index contributed by atoms with van der Waals surface area (Å²) in [5.74, 6) is -0.949. The van der Waals surface area contributed by atoms with E-state index in [1.54, 1.807) is 49.9 Å². The number of hydrogen-bond acceptors (Lipinski definition) is 4. The summed E-state index contributed by atoms with van der Waals surface area (Å²) in [6, 6.07) is 6.41. The van der Waals surface area contributed by atoms with Gasteiger partial charge in [0.25, 0.3) is 5.91 Å². The van der Waals surface area contributed by atoms with Gasteiger partial charge in [-0.05, 0) is 50.8 Å². The van der Waals surface area contributed by atoms with Crippen molar-refractivity contribution in [3.8, 4) is 5.75 Å². The molecule has 0 saturated carbocycles. The lowest BCUT2D eigenvalue weighted by molar-refractivity contribution is -0.142. The Balaban J connectivity index is 2.60. The zero-order valence-corrected chi connectivity index (χ0v) is 13.7. The molecule has 2 atom stereocenters. The van der Waals surface area contributed by atoms with Gasteiger partial charge in [0.15, 0.2) is 6.10 Å². The largest absolute Gasteiger partial charge is 0.481 e. The van der Waals surface area contributed by atoms with Crippen LogP contribution in [0, 0.1) is 0 Å². The minimum absolute atomic E-state index is 0.243. The van der Waals surface area contributed by atoms with E-state index < -0.39 is 24.0 Å². The van der Waals surface area contributed by atoms with Crippen LogP contribution in [0.15, 0.2) is 41.3 Å². The molecule has 120 valence electrons. The summed E-state index contributed by atoms with van der Waals surface area (Å²) in [7, 11) is 0. The van der Waals surface area contributed by atoms with E-state index in [4.69, 9.17) is 9.84 Å². The summed E-state index contributed by atoms with van der Waals surface area (Å²) in [6.45, 7) is 3.39. The summed E-state index contributed by atoms with van der Waals surface area (Å²) in [5, 5.41) is 11.6. The quantitative estimate of drug-likeness (QED) is 0.568. The van der Waals surface area contributed by atoms with Crippen LogP contribution in [0.3, 0.4) is 0 Å². The smallest absolute Gasteiger partial charge is 0.326 e. The van der Waals surface area contributed by atoms with E-state index in [0.29, 0.717) is 5.75 Å². The van der Waals surface area contributed by atoms with Crippen LogP contribution >= 0.6 is 11.8 Å². The maximum absolute atomic E-state index is 12.0. The normalized spacial score (nSPS) is 13.6. The molecule has 0 fully saturated rings. The number of nitrogens with one attached hydrogen (secondary N) is 1. The second-order valence-corrected chi connectivity index (χ2v) is 5.52. The summed E-state index contributed by atoms with van der Waals surface area (Å²) in [6.07, 6.45) is 4.89. The number of thioether (sulfide) groups is 1. The maximum Gasteiger partial charge on any atom is 0.326 e. The second-order valence-electron chi connectivity index (χ2n) is 4.64. The molecule has 2 N–H and O–H groups in total. The fourth-order valence-corrected chi connectivity index (χ4v) is 2.10. The van der Waals surface area contributed by atoms with Gasteiger partial charge in [-0.2, -0.15) is 0 Å². The number of allylic oxidation sites excluding steroid dienone is 1. The first-order valence-corrected chi connectivity index (χ1v) is 8.15. The molecule has 0 saturated heterocycles. The molecule has 1 aromatic rings. The topological polar surface area (TPSA) is 75.6 Å². The van der Waals surface area contributed by atoms with Gasteiger partial charge in [0.2, 0.25) is 0 Å². The molecule has 5 nitrogen and oxygen atoms in total. The molecule has 0 radical (unpaired) electrons. The molecule has 1 amide bonds. The Morgan fingerprint density at radius 2 is 2.00 bits per heavy atom. The number of carbonyl (C=O) groups is 2. The molecular weight excluding hydrogens is 302 g/mol. The number of rotatable bonds is 8. The Morgan fingerprint density at radius 1 is 1.36 bits per heavy atom. The highest BCUT2D eigenvalue weighted by atomic mass is 32.2. The molecule has 0 aliphatic rings. The number of carboxylic acid groups (broad SMARTS) is 1. The average molecular weight is 323 g/mol. The Labute approximate surface area is 134 Å². The molecule has 0 bridgehead atoms. The average Bonchev–Trinajstić information content (AvgIpc) is 2.51. The van der Waals surface area contributed by atoms with Crippen LogP contribution in [-0.2, 0) is 9.59 Å². The zero-order valence-electron chi connectivity index (χ0n) is 12.9. The lowest BCUT2D eigenvalue weighted by atomic mass is 10.2. The first-order chi connectivity index (χ1) is 10.5. The van der Waals surface area contributed by atoms with Crippen LogP contribution in [0.25, 0.3) is 0 Å². The molecule has 0 aliphatic heterocycles. The Hall–Kier alpha value is -1.95. The Morgan fingerprint density at radius 3 is 2.50 bits per heavy atom. The lowest BCUT2D eigenvalue weighted by Crippen LogP contribution is -2.46. The van der Waals surface area contributed by atoms with Gasteiger partial charge in [-0.15, -0.1) is 11.8 Å². The predicted octanol–water partition coefficient (Wildman–Crippen LogP) is 2.71. The summed E-state index contributed by atoms with van der Waals surface area (Å²) in [5.41, 5.74) is 0. The van der Waals surface area contributed by atoms with Gasteiger partial charge < -0.3 is 15.2 Å². The van der Waals surface area contributed by atoms with Crippen LogP contribution in [-0.4, -0.2) is 35.4 Å². The summed E-state index contributed by atoms with van der Waals surface area (Å²) in [4.78, 5) is 24.2. The molecule has 2 unspecified atom stereocenters. The standard InChI is InChI=1S/C16H21NO4S/c1-4-5-6-14(16(19)20)17-15(18)11(2)21-12-7-9-13(22-3)10-8-12/h4-5,7-11,14H,6H2,1-3H3,(H,17,18)(H,19,20)/b5-4+. The number of carbonyl (C=O) groups excluding carboxylic acids is 1. The molecule has 0 aromatic heterocycles. The fourth-order valence-electron chi connectivity index (χ4n) is 1.69.